The first kappa shape index (κ1) is 16.2. The zero-order valence-electron chi connectivity index (χ0n) is 13.3. The van der Waals surface area contributed by atoms with Gasteiger partial charge in [-0.2, -0.15) is 0 Å². The summed E-state index contributed by atoms with van der Waals surface area (Å²) >= 11 is 1.44. The average molecular weight is 340 g/mol. The summed E-state index contributed by atoms with van der Waals surface area (Å²) in [5.41, 5.74) is 2.16. The number of hydrogen-bond acceptors (Lipinski definition) is 6. The summed E-state index contributed by atoms with van der Waals surface area (Å²) in [4.78, 5) is 21.1. The Morgan fingerprint density at radius 1 is 1.25 bits per heavy atom. The highest BCUT2D eigenvalue weighted by atomic mass is 32.2. The minimum absolute atomic E-state index is 0.236. The topological polar surface area (TPSA) is 80.9 Å². The van der Waals surface area contributed by atoms with Crippen LogP contribution in [0.4, 0.5) is 5.82 Å². The lowest BCUT2D eigenvalue weighted by molar-refractivity contribution is 0.102. The first-order chi connectivity index (χ1) is 11.6. The Bertz CT molecular complexity index is 863. The molecule has 0 unspecified atom stereocenters. The number of nitrogens with zero attached hydrogens (tertiary/aromatic N) is 3. The molecule has 0 bridgehead atoms. The molecule has 0 atom stereocenters. The zero-order valence-corrected chi connectivity index (χ0v) is 14.1. The monoisotopic (exact) mass is 340 g/mol. The molecule has 3 heterocycles. The third-order valence-electron chi connectivity index (χ3n) is 3.18. The maximum atomic E-state index is 12.5. The second-order valence-electron chi connectivity index (χ2n) is 5.19. The van der Waals surface area contributed by atoms with Crippen molar-refractivity contribution in [3.63, 3.8) is 0 Å². The van der Waals surface area contributed by atoms with Gasteiger partial charge in [0.05, 0.1) is 11.3 Å². The van der Waals surface area contributed by atoms with Crippen molar-refractivity contribution in [2.45, 2.75) is 24.6 Å². The van der Waals surface area contributed by atoms with Gasteiger partial charge >= 0.3 is 0 Å². The zero-order chi connectivity index (χ0) is 16.9. The number of pyridine rings is 2. The van der Waals surface area contributed by atoms with Crippen LogP contribution < -0.4 is 5.32 Å². The number of carbonyl (C=O) groups excluding carboxylic acids is 1. The van der Waals surface area contributed by atoms with Crippen molar-refractivity contribution in [2.75, 3.05) is 5.32 Å². The minimum atomic E-state index is -0.236. The van der Waals surface area contributed by atoms with E-state index >= 15 is 0 Å². The predicted octanol–water partition coefficient (Wildman–Crippen LogP) is 3.63. The van der Waals surface area contributed by atoms with E-state index in [1.54, 1.807) is 24.4 Å². The standard InChI is InChI=1S/C17H16N4O2S/c1-11-5-3-7-15(19-11)20-16(22)14-6-4-8-18-17(14)24-10-13-9-12(2)23-21-13/h3-9H,10H2,1-2H3,(H,19,20,22). The second-order valence-corrected chi connectivity index (χ2v) is 6.16. The van der Waals surface area contributed by atoms with Crippen molar-refractivity contribution in [1.82, 2.24) is 15.1 Å². The van der Waals surface area contributed by atoms with Gasteiger partial charge in [0.2, 0.25) is 0 Å². The fourth-order valence-corrected chi connectivity index (χ4v) is 2.98. The van der Waals surface area contributed by atoms with E-state index in [1.807, 2.05) is 32.0 Å². The van der Waals surface area contributed by atoms with Crippen molar-refractivity contribution in [2.24, 2.45) is 0 Å². The Hall–Kier alpha value is -2.67. The van der Waals surface area contributed by atoms with Crippen LogP contribution in [-0.4, -0.2) is 21.0 Å². The van der Waals surface area contributed by atoms with Crippen molar-refractivity contribution >= 4 is 23.5 Å². The van der Waals surface area contributed by atoms with Crippen LogP contribution in [0.2, 0.25) is 0 Å². The lowest BCUT2D eigenvalue weighted by Crippen LogP contribution is -2.14. The van der Waals surface area contributed by atoms with E-state index in [0.29, 0.717) is 22.2 Å². The number of carbonyl (C=O) groups is 1. The van der Waals surface area contributed by atoms with Gasteiger partial charge in [0.15, 0.2) is 0 Å². The first-order valence-electron chi connectivity index (χ1n) is 7.37. The molecular weight excluding hydrogens is 324 g/mol. The molecule has 3 rings (SSSR count). The number of aryl methyl sites for hydroxylation is 2. The van der Waals surface area contributed by atoms with Crippen molar-refractivity contribution < 1.29 is 9.32 Å². The van der Waals surface area contributed by atoms with Crippen molar-refractivity contribution in [3.8, 4) is 0 Å². The smallest absolute Gasteiger partial charge is 0.259 e. The van der Waals surface area contributed by atoms with Crippen molar-refractivity contribution in [3.05, 3.63) is 65.3 Å². The van der Waals surface area contributed by atoms with Gasteiger partial charge in [-0.15, -0.1) is 0 Å². The molecular formula is C17H16N4O2S. The van der Waals surface area contributed by atoms with E-state index in [0.717, 1.165) is 17.1 Å². The van der Waals surface area contributed by atoms with E-state index in [4.69, 9.17) is 4.52 Å². The summed E-state index contributed by atoms with van der Waals surface area (Å²) in [5, 5.41) is 7.39. The molecule has 0 radical (unpaired) electrons. The summed E-state index contributed by atoms with van der Waals surface area (Å²) < 4.78 is 5.05. The Kier molecular flexibility index (Phi) is 4.90. The van der Waals surface area contributed by atoms with Gasteiger partial charge in [-0.05, 0) is 38.1 Å². The number of thioether (sulfide) groups is 1. The molecule has 6 nitrogen and oxygen atoms in total. The molecule has 1 amide bonds. The Balaban J connectivity index is 1.74. The molecule has 1 N–H and O–H groups in total. The summed E-state index contributed by atoms with van der Waals surface area (Å²) in [6.45, 7) is 3.72. The summed E-state index contributed by atoms with van der Waals surface area (Å²) in [5.74, 6) is 1.62. The third kappa shape index (κ3) is 3.99. The number of anilines is 1. The van der Waals surface area contributed by atoms with Gasteiger partial charge in [0.25, 0.3) is 5.91 Å². The van der Waals surface area contributed by atoms with Crippen LogP contribution >= 0.6 is 11.8 Å². The first-order valence-corrected chi connectivity index (χ1v) is 8.35. The highest BCUT2D eigenvalue weighted by molar-refractivity contribution is 7.98. The minimum Gasteiger partial charge on any atom is -0.361 e. The van der Waals surface area contributed by atoms with Gasteiger partial charge in [-0.25, -0.2) is 9.97 Å². The molecule has 0 aromatic carbocycles. The molecule has 0 fully saturated rings. The number of nitrogens with one attached hydrogen (secondary N) is 1. The van der Waals surface area contributed by atoms with E-state index in [1.165, 1.54) is 11.8 Å². The van der Waals surface area contributed by atoms with Gasteiger partial charge in [-0.1, -0.05) is 23.0 Å². The van der Waals surface area contributed by atoms with Crippen LogP contribution in [0, 0.1) is 13.8 Å². The van der Waals surface area contributed by atoms with Crippen LogP contribution in [0.5, 0.6) is 0 Å². The van der Waals surface area contributed by atoms with E-state index in [-0.39, 0.29) is 5.91 Å². The predicted molar refractivity (Wildman–Crippen MR) is 92.0 cm³/mol. The third-order valence-corrected chi connectivity index (χ3v) is 4.22. The Morgan fingerprint density at radius 2 is 2.12 bits per heavy atom. The molecule has 0 saturated heterocycles. The SMILES string of the molecule is Cc1cccc(NC(=O)c2cccnc2SCc2cc(C)on2)n1. The fourth-order valence-electron chi connectivity index (χ4n) is 2.10. The quantitative estimate of drug-likeness (QED) is 0.714. The van der Waals surface area contributed by atoms with Crippen LogP contribution in [0.15, 0.2) is 52.1 Å². The molecule has 24 heavy (non-hydrogen) atoms. The number of hydrogen-bond donors (Lipinski definition) is 1. The number of amides is 1. The molecule has 0 aliphatic rings. The van der Waals surface area contributed by atoms with E-state index in [2.05, 4.69) is 20.4 Å². The van der Waals surface area contributed by atoms with Crippen LogP contribution in [0.1, 0.15) is 27.5 Å². The van der Waals surface area contributed by atoms with E-state index < -0.39 is 0 Å². The lowest BCUT2D eigenvalue weighted by atomic mass is 10.2. The Labute approximate surface area is 143 Å². The average Bonchev–Trinajstić information content (AvgIpc) is 2.99. The van der Waals surface area contributed by atoms with Crippen LogP contribution in [-0.2, 0) is 5.75 Å². The van der Waals surface area contributed by atoms with Crippen LogP contribution in [0.25, 0.3) is 0 Å². The maximum Gasteiger partial charge on any atom is 0.259 e. The van der Waals surface area contributed by atoms with Gasteiger partial charge in [0.1, 0.15) is 16.6 Å². The molecule has 7 heteroatoms. The molecule has 0 aliphatic carbocycles. The maximum absolute atomic E-state index is 12.5. The van der Waals surface area contributed by atoms with E-state index in [9.17, 15) is 4.79 Å². The van der Waals surface area contributed by atoms with Gasteiger partial charge in [0, 0.05) is 23.7 Å². The van der Waals surface area contributed by atoms with Gasteiger partial charge in [-0.3, -0.25) is 4.79 Å². The second kappa shape index (κ2) is 7.27. The Morgan fingerprint density at radius 3 is 2.88 bits per heavy atom. The number of aromatic nitrogens is 3. The number of rotatable bonds is 5. The highest BCUT2D eigenvalue weighted by Gasteiger charge is 2.14. The molecule has 3 aromatic heterocycles. The summed E-state index contributed by atoms with van der Waals surface area (Å²) in [6.07, 6.45) is 1.66. The molecule has 0 spiro atoms. The fraction of sp³-hybridized carbons (Fsp3) is 0.176. The largest absolute Gasteiger partial charge is 0.361 e. The van der Waals surface area contributed by atoms with Gasteiger partial charge < -0.3 is 9.84 Å². The molecule has 3 aromatic rings. The van der Waals surface area contributed by atoms with Crippen molar-refractivity contribution in [1.29, 1.82) is 0 Å². The summed E-state index contributed by atoms with van der Waals surface area (Å²) in [7, 11) is 0. The lowest BCUT2D eigenvalue weighted by Gasteiger charge is -2.08. The normalized spacial score (nSPS) is 10.6. The molecule has 0 saturated carbocycles. The summed E-state index contributed by atoms with van der Waals surface area (Å²) in [6, 6.07) is 10.8. The van der Waals surface area contributed by atoms with Crippen LogP contribution in [0.3, 0.4) is 0 Å². The molecule has 122 valence electrons. The highest BCUT2D eigenvalue weighted by Crippen LogP contribution is 2.24. The molecule has 0 aliphatic heterocycles.